The molecule has 2 aliphatic carbocycles. The minimum absolute atomic E-state index is 0.195. The predicted octanol–water partition coefficient (Wildman–Crippen LogP) is 10.9. The van der Waals surface area contributed by atoms with E-state index in [1.165, 1.54) is 51.4 Å². The molecule has 2 fully saturated rings. The summed E-state index contributed by atoms with van der Waals surface area (Å²) in [5.41, 5.74) is 2.18. The number of hydrogen-bond donors (Lipinski definition) is 0. The molecule has 11 heteroatoms. The van der Waals surface area contributed by atoms with Crippen molar-refractivity contribution >= 4 is 49.2 Å². The van der Waals surface area contributed by atoms with Crippen molar-refractivity contribution in [3.8, 4) is 0 Å². The van der Waals surface area contributed by atoms with E-state index in [2.05, 4.69) is 19.9 Å². The Balaban J connectivity index is 0.000000653. The van der Waals surface area contributed by atoms with Crippen molar-refractivity contribution in [3.05, 3.63) is 11.4 Å². The summed E-state index contributed by atoms with van der Waals surface area (Å²) in [6.07, 6.45) is 20.4. The van der Waals surface area contributed by atoms with Gasteiger partial charge >= 0.3 is 56.8 Å². The van der Waals surface area contributed by atoms with Crippen molar-refractivity contribution in [2.24, 2.45) is 0 Å². The zero-order valence-corrected chi connectivity index (χ0v) is 23.6. The Kier molecular flexibility index (Phi) is 17.7. The Labute approximate surface area is 194 Å². The topological polar surface area (TPSA) is 0 Å². The molecule has 0 unspecified atom stereocenters. The van der Waals surface area contributed by atoms with Gasteiger partial charge in [-0.05, 0) is 55.2 Å². The zero-order valence-electron chi connectivity index (χ0n) is 17.3. The van der Waals surface area contributed by atoms with Gasteiger partial charge in [-0.2, -0.15) is 0 Å². The second-order valence-electron chi connectivity index (χ2n) is 7.37. The Morgan fingerprint density at radius 1 is 0.828 bits per heavy atom. The van der Waals surface area contributed by atoms with Gasteiger partial charge in [0.2, 0.25) is 0 Å². The van der Waals surface area contributed by atoms with E-state index in [9.17, 15) is 17.3 Å². The van der Waals surface area contributed by atoms with Gasteiger partial charge in [-0.15, -0.1) is 0 Å². The molecule has 0 amide bonds. The van der Waals surface area contributed by atoms with Crippen LogP contribution < -0.4 is 0 Å². The van der Waals surface area contributed by atoms with Crippen LogP contribution >= 0.6 is 42.0 Å². The van der Waals surface area contributed by atoms with Crippen LogP contribution in [0.15, 0.2) is 11.4 Å². The number of hydrogen-bond acceptors (Lipinski definition) is 0. The van der Waals surface area contributed by atoms with Gasteiger partial charge in [0.15, 0.2) is 0 Å². The van der Waals surface area contributed by atoms with Crippen molar-refractivity contribution in [1.29, 1.82) is 0 Å². The summed E-state index contributed by atoms with van der Waals surface area (Å²) < 4.78 is 39.0. The first kappa shape index (κ1) is 31.0. The quantitative estimate of drug-likeness (QED) is 0.167. The van der Waals surface area contributed by atoms with Crippen LogP contribution in [-0.4, -0.2) is 18.6 Å². The summed E-state index contributed by atoms with van der Waals surface area (Å²) in [7, 11) is 14.3. The summed E-state index contributed by atoms with van der Waals surface area (Å²) >= 11 is -3.29. The molecular weight excluding hydrogens is 567 g/mol. The molecule has 2 saturated carbocycles. The van der Waals surface area contributed by atoms with E-state index >= 15 is 0 Å². The Bertz CT molecular complexity index is 410. The number of halogens is 8. The van der Waals surface area contributed by atoms with Crippen molar-refractivity contribution in [3.63, 3.8) is 0 Å². The van der Waals surface area contributed by atoms with Crippen LogP contribution in [0.3, 0.4) is 0 Å². The molecule has 0 N–H and O–H groups in total. The minimum atomic E-state index is -6.00. The molecule has 0 atom stereocenters. The maximum atomic E-state index is 9.75. The van der Waals surface area contributed by atoms with Crippen molar-refractivity contribution in [2.75, 3.05) is 0 Å². The molecule has 0 bridgehead atoms. The van der Waals surface area contributed by atoms with Gasteiger partial charge in [-0.3, -0.25) is 0 Å². The van der Waals surface area contributed by atoms with E-state index in [0.717, 1.165) is 11.3 Å². The second kappa shape index (κ2) is 16.6. The van der Waals surface area contributed by atoms with Crippen LogP contribution in [0.1, 0.15) is 90.9 Å². The van der Waals surface area contributed by atoms with Gasteiger partial charge in [0.05, 0.1) is 0 Å². The molecule has 0 aromatic heterocycles. The molecule has 0 radical (unpaired) electrons. The zero-order chi connectivity index (χ0) is 22.5. The van der Waals surface area contributed by atoms with E-state index in [4.69, 9.17) is 34.1 Å². The average Bonchev–Trinajstić information content (AvgIpc) is 2.60. The number of rotatable bonds is 5. The van der Waals surface area contributed by atoms with Gasteiger partial charge in [0.25, 0.3) is 0 Å². The predicted molar refractivity (Wildman–Crippen MR) is 123 cm³/mol. The fraction of sp³-hybridized carbons (Fsp3) is 0.889. The third-order valence-corrected chi connectivity index (χ3v) is 8.84. The van der Waals surface area contributed by atoms with Crippen LogP contribution in [0.25, 0.3) is 0 Å². The SMILES string of the molecule is CCC=C(CC)P(C1CCCCC1)C1CCCCC1.F[B-](F)(F)F.[Cl][Zr]([Cl])([Cl])[Cl]. The first-order valence-electron chi connectivity index (χ1n) is 10.5. The monoisotopic (exact) mass is 597 g/mol. The van der Waals surface area contributed by atoms with Gasteiger partial charge in [-0.1, -0.05) is 66.4 Å². The molecule has 0 aliphatic heterocycles. The van der Waals surface area contributed by atoms with E-state index in [0.29, 0.717) is 0 Å². The van der Waals surface area contributed by atoms with E-state index in [-0.39, 0.29) is 7.92 Å². The molecule has 0 heterocycles. The second-order valence-corrected chi connectivity index (χ2v) is 32.6. The maximum absolute atomic E-state index is 9.75. The van der Waals surface area contributed by atoms with Crippen LogP contribution in [0.5, 0.6) is 0 Å². The molecule has 0 aromatic carbocycles. The molecule has 0 aromatic rings. The van der Waals surface area contributed by atoms with E-state index < -0.39 is 22.7 Å². The Hall–Kier alpha value is 2.00. The molecule has 2 aliphatic rings. The molecule has 174 valence electrons. The van der Waals surface area contributed by atoms with Gasteiger partial charge < -0.3 is 17.3 Å². The summed E-state index contributed by atoms with van der Waals surface area (Å²) in [6.45, 7) is 4.73. The van der Waals surface area contributed by atoms with Crippen molar-refractivity contribution < 1.29 is 32.8 Å². The van der Waals surface area contributed by atoms with Crippen LogP contribution in [0.2, 0.25) is 0 Å². The average molecular weight is 600 g/mol. The first-order valence-corrected chi connectivity index (χ1v) is 24.6. The normalized spacial score (nSPS) is 19.9. The van der Waals surface area contributed by atoms with Crippen LogP contribution in [0, 0.1) is 0 Å². The summed E-state index contributed by atoms with van der Waals surface area (Å²) in [4.78, 5) is 0. The first-order chi connectivity index (χ1) is 13.4. The van der Waals surface area contributed by atoms with E-state index in [1.807, 2.05) is 5.31 Å². The van der Waals surface area contributed by atoms with Crippen molar-refractivity contribution in [2.45, 2.75) is 102 Å². The third kappa shape index (κ3) is 19.2. The fourth-order valence-corrected chi connectivity index (χ4v) is 8.29. The van der Waals surface area contributed by atoms with Crippen LogP contribution in [-0.2, 0) is 15.5 Å². The molecule has 0 nitrogen and oxygen atoms in total. The van der Waals surface area contributed by atoms with Crippen LogP contribution in [0.4, 0.5) is 17.3 Å². The summed E-state index contributed by atoms with van der Waals surface area (Å²) in [6, 6.07) is 0. The van der Waals surface area contributed by atoms with Crippen molar-refractivity contribution in [1.82, 2.24) is 0 Å². The fourth-order valence-electron chi connectivity index (χ4n) is 4.15. The van der Waals surface area contributed by atoms with Gasteiger partial charge in [-0.25, -0.2) is 0 Å². The Morgan fingerprint density at radius 3 is 1.38 bits per heavy atom. The molecule has 0 saturated heterocycles. The standard InChI is InChI=1S/C18H33P.BF4.4ClH.Zr/c1-3-11-16(4-2)19(17-12-7-5-8-13-17)18-14-9-6-10-15-18;2-1(3,4)5;;;;;/h11,17-18H,3-10,12-15H2,1-2H3;;4*1H;/q;-1;;;;;+4/p-4. The molecule has 2 rings (SSSR count). The molecule has 29 heavy (non-hydrogen) atoms. The Morgan fingerprint density at radius 2 is 1.14 bits per heavy atom. The number of allylic oxidation sites excluding steroid dienone is 2. The van der Waals surface area contributed by atoms with E-state index in [1.54, 1.807) is 25.7 Å². The van der Waals surface area contributed by atoms with Gasteiger partial charge in [0, 0.05) is 0 Å². The van der Waals surface area contributed by atoms with Gasteiger partial charge in [0.1, 0.15) is 0 Å². The summed E-state index contributed by atoms with van der Waals surface area (Å²) in [5, 5.41) is 1.89. The third-order valence-electron chi connectivity index (χ3n) is 5.07. The molecular formula is C18H33BCl4F4PZr-. The molecule has 0 spiro atoms. The summed E-state index contributed by atoms with van der Waals surface area (Å²) in [5.74, 6) is 0.